The second-order valence-corrected chi connectivity index (χ2v) is 8.56. The number of aromatic nitrogens is 3. The Balaban J connectivity index is 1.63. The summed E-state index contributed by atoms with van der Waals surface area (Å²) in [6.45, 7) is 2.54. The Kier molecular flexibility index (Phi) is 6.19. The van der Waals surface area contributed by atoms with Crippen LogP contribution >= 0.6 is 0 Å². The number of aliphatic imine (C=N–C) groups is 1. The predicted molar refractivity (Wildman–Crippen MR) is 134 cm³/mol. The molecule has 2 aliphatic rings. The van der Waals surface area contributed by atoms with Crippen LogP contribution in [0.1, 0.15) is 5.56 Å². The molecule has 0 bridgehead atoms. The fraction of sp³-hybridized carbons (Fsp3) is 0.280. The molecule has 2 N–H and O–H groups in total. The normalized spacial score (nSPS) is 19.9. The average Bonchev–Trinajstić information content (AvgIpc) is 3.44. The molecule has 1 amide bonds. The van der Waals surface area contributed by atoms with Gasteiger partial charge in [0, 0.05) is 51.3 Å². The van der Waals surface area contributed by atoms with Crippen LogP contribution in [0.15, 0.2) is 78.3 Å². The first kappa shape index (κ1) is 22.6. The molecule has 3 aromatic rings. The molecule has 0 aliphatic carbocycles. The lowest BCUT2D eigenvalue weighted by atomic mass is 10.0. The fourth-order valence-corrected chi connectivity index (χ4v) is 4.15. The van der Waals surface area contributed by atoms with Gasteiger partial charge in [-0.25, -0.2) is 9.67 Å². The van der Waals surface area contributed by atoms with Gasteiger partial charge in [0.25, 0.3) is 5.91 Å². The SMILES string of the molecule is CN(C)C(=O)C1(Nc2cccnc2)C=C(c2cccc(-n3cccn3)c2)N=C(N2CCOCC2)N1. The summed E-state index contributed by atoms with van der Waals surface area (Å²) in [4.78, 5) is 26.5. The van der Waals surface area contributed by atoms with Gasteiger partial charge in [-0.05, 0) is 36.4 Å². The molecule has 1 aromatic carbocycles. The molecule has 0 saturated carbocycles. The smallest absolute Gasteiger partial charge is 0.272 e. The molecule has 10 nitrogen and oxygen atoms in total. The maximum absolute atomic E-state index is 13.7. The summed E-state index contributed by atoms with van der Waals surface area (Å²) < 4.78 is 7.34. The maximum Gasteiger partial charge on any atom is 0.272 e. The van der Waals surface area contributed by atoms with Crippen molar-refractivity contribution in [2.24, 2.45) is 4.99 Å². The van der Waals surface area contributed by atoms with E-state index in [1.54, 1.807) is 42.3 Å². The summed E-state index contributed by atoms with van der Waals surface area (Å²) in [6.07, 6.45) is 8.86. The molecule has 10 heteroatoms. The van der Waals surface area contributed by atoms with Crippen LogP contribution in [0.4, 0.5) is 5.69 Å². The number of hydrogen-bond donors (Lipinski definition) is 2. The van der Waals surface area contributed by atoms with Crippen LogP contribution in [0.3, 0.4) is 0 Å². The Hall–Kier alpha value is -4.18. The lowest BCUT2D eigenvalue weighted by molar-refractivity contribution is -0.132. The molecular weight excluding hydrogens is 444 g/mol. The third-order valence-corrected chi connectivity index (χ3v) is 5.86. The number of amides is 1. The largest absolute Gasteiger partial charge is 0.378 e. The number of nitrogens with one attached hydrogen (secondary N) is 2. The van der Waals surface area contributed by atoms with Crippen LogP contribution in [-0.4, -0.2) is 82.5 Å². The van der Waals surface area contributed by atoms with Crippen LogP contribution < -0.4 is 10.6 Å². The summed E-state index contributed by atoms with van der Waals surface area (Å²) in [5.74, 6) is 0.449. The summed E-state index contributed by atoms with van der Waals surface area (Å²) in [6, 6.07) is 13.5. The van der Waals surface area contributed by atoms with Gasteiger partial charge in [0.05, 0.1) is 36.5 Å². The van der Waals surface area contributed by atoms with E-state index in [1.807, 2.05) is 54.7 Å². The number of carbonyl (C=O) groups is 1. The Morgan fingerprint density at radius 1 is 1.14 bits per heavy atom. The zero-order valence-corrected chi connectivity index (χ0v) is 19.8. The van der Waals surface area contributed by atoms with Gasteiger partial charge in [-0.1, -0.05) is 12.1 Å². The summed E-state index contributed by atoms with van der Waals surface area (Å²) in [7, 11) is 3.48. The third-order valence-electron chi connectivity index (χ3n) is 5.86. The van der Waals surface area contributed by atoms with Gasteiger partial charge in [-0.15, -0.1) is 0 Å². The van der Waals surface area contributed by atoms with Gasteiger partial charge < -0.3 is 25.2 Å². The molecule has 4 heterocycles. The zero-order chi connectivity index (χ0) is 24.3. The molecule has 1 atom stereocenters. The lowest BCUT2D eigenvalue weighted by Crippen LogP contribution is -2.66. The highest BCUT2D eigenvalue weighted by molar-refractivity contribution is 6.01. The van der Waals surface area contributed by atoms with Crippen molar-refractivity contribution in [3.63, 3.8) is 0 Å². The number of anilines is 1. The Labute approximate surface area is 203 Å². The monoisotopic (exact) mass is 472 g/mol. The highest BCUT2D eigenvalue weighted by Gasteiger charge is 2.43. The van der Waals surface area contributed by atoms with Crippen molar-refractivity contribution < 1.29 is 9.53 Å². The van der Waals surface area contributed by atoms with Crippen molar-refractivity contribution in [2.75, 3.05) is 45.7 Å². The number of ether oxygens (including phenoxy) is 1. The molecule has 1 unspecified atom stereocenters. The number of nitrogens with zero attached hydrogens (tertiary/aromatic N) is 6. The minimum Gasteiger partial charge on any atom is -0.378 e. The topological polar surface area (TPSA) is 99.9 Å². The fourth-order valence-electron chi connectivity index (χ4n) is 4.15. The standard InChI is InChI=1S/C25H28N8O2/c1-31(2)23(34)25(29-20-7-4-9-26-18-20)17-22(28-24(30-25)32-12-14-35-15-13-32)19-6-3-8-21(16-19)33-11-5-10-27-33/h3-11,16-18,29H,12-15H2,1-2H3,(H,28,30). The molecule has 1 saturated heterocycles. The van der Waals surface area contributed by atoms with Crippen molar-refractivity contribution in [2.45, 2.75) is 5.66 Å². The second kappa shape index (κ2) is 9.59. The number of likely N-dealkylation sites (N-methyl/N-ethyl adjacent to an activating group) is 1. The lowest BCUT2D eigenvalue weighted by Gasteiger charge is -2.41. The van der Waals surface area contributed by atoms with Crippen molar-refractivity contribution in [1.29, 1.82) is 0 Å². The van der Waals surface area contributed by atoms with E-state index in [0.717, 1.165) is 11.3 Å². The van der Waals surface area contributed by atoms with E-state index >= 15 is 0 Å². The van der Waals surface area contributed by atoms with E-state index in [4.69, 9.17) is 9.73 Å². The van der Waals surface area contributed by atoms with Gasteiger partial charge in [-0.2, -0.15) is 5.10 Å². The predicted octanol–water partition coefficient (Wildman–Crippen LogP) is 1.80. The van der Waals surface area contributed by atoms with Crippen molar-refractivity contribution in [3.05, 3.63) is 78.9 Å². The molecule has 2 aliphatic heterocycles. The second-order valence-electron chi connectivity index (χ2n) is 8.56. The highest BCUT2D eigenvalue weighted by atomic mass is 16.5. The van der Waals surface area contributed by atoms with E-state index in [2.05, 4.69) is 25.6 Å². The molecular formula is C25H28N8O2. The van der Waals surface area contributed by atoms with Crippen molar-refractivity contribution in [3.8, 4) is 5.69 Å². The van der Waals surface area contributed by atoms with Crippen LogP contribution in [0.25, 0.3) is 11.4 Å². The van der Waals surface area contributed by atoms with E-state index in [-0.39, 0.29) is 5.91 Å². The van der Waals surface area contributed by atoms with Crippen LogP contribution in [-0.2, 0) is 9.53 Å². The molecule has 35 heavy (non-hydrogen) atoms. The van der Waals surface area contributed by atoms with Crippen LogP contribution in [0.5, 0.6) is 0 Å². The quantitative estimate of drug-likeness (QED) is 0.584. The minimum atomic E-state index is -1.28. The number of rotatable bonds is 5. The number of morpholine rings is 1. The first-order valence-electron chi connectivity index (χ1n) is 11.5. The van der Waals surface area contributed by atoms with Gasteiger partial charge in [0.1, 0.15) is 0 Å². The van der Waals surface area contributed by atoms with E-state index in [9.17, 15) is 4.79 Å². The Bertz CT molecular complexity index is 1230. The summed E-state index contributed by atoms with van der Waals surface area (Å²) in [5, 5.41) is 11.1. The highest BCUT2D eigenvalue weighted by Crippen LogP contribution is 2.29. The van der Waals surface area contributed by atoms with Gasteiger partial charge in [0.2, 0.25) is 11.6 Å². The number of pyridine rings is 1. The van der Waals surface area contributed by atoms with Gasteiger partial charge in [0.15, 0.2) is 0 Å². The minimum absolute atomic E-state index is 0.164. The molecule has 0 radical (unpaired) electrons. The van der Waals surface area contributed by atoms with Crippen molar-refractivity contribution in [1.82, 2.24) is 29.9 Å². The number of benzene rings is 1. The average molecular weight is 473 g/mol. The Morgan fingerprint density at radius 3 is 2.71 bits per heavy atom. The Morgan fingerprint density at radius 2 is 2.00 bits per heavy atom. The molecule has 1 fully saturated rings. The maximum atomic E-state index is 13.7. The number of hydrogen-bond acceptors (Lipinski definition) is 8. The first-order valence-corrected chi connectivity index (χ1v) is 11.5. The van der Waals surface area contributed by atoms with Gasteiger partial charge in [-0.3, -0.25) is 9.78 Å². The summed E-state index contributed by atoms with van der Waals surface area (Å²) in [5.41, 5.74) is 1.87. The third kappa shape index (κ3) is 4.73. The van der Waals surface area contributed by atoms with Gasteiger partial charge >= 0.3 is 0 Å². The first-order chi connectivity index (χ1) is 17.0. The molecule has 2 aromatic heterocycles. The molecule has 180 valence electrons. The number of guanidine groups is 1. The van der Waals surface area contributed by atoms with E-state index in [1.165, 1.54) is 0 Å². The number of carbonyl (C=O) groups excluding carboxylic acids is 1. The summed E-state index contributed by atoms with van der Waals surface area (Å²) >= 11 is 0. The van der Waals surface area contributed by atoms with E-state index in [0.29, 0.717) is 43.6 Å². The van der Waals surface area contributed by atoms with E-state index < -0.39 is 5.66 Å². The van der Waals surface area contributed by atoms with Crippen molar-refractivity contribution >= 4 is 23.3 Å². The molecule has 0 spiro atoms. The molecule has 5 rings (SSSR count). The van der Waals surface area contributed by atoms with Crippen LogP contribution in [0.2, 0.25) is 0 Å². The zero-order valence-electron chi connectivity index (χ0n) is 19.8. The van der Waals surface area contributed by atoms with Crippen LogP contribution in [0, 0.1) is 0 Å².